The van der Waals surface area contributed by atoms with Gasteiger partial charge in [0, 0.05) is 30.3 Å². The third-order valence-electron chi connectivity index (χ3n) is 4.05. The van der Waals surface area contributed by atoms with Gasteiger partial charge in [0.25, 0.3) is 0 Å². The molecule has 0 aromatic heterocycles. The Balaban J connectivity index is 2.09. The molecular formula is C15H23ClN2. The fraction of sp³-hybridized carbons (Fsp3) is 0.600. The molecule has 18 heavy (non-hydrogen) atoms. The fourth-order valence-electron chi connectivity index (χ4n) is 2.73. The van der Waals surface area contributed by atoms with E-state index in [1.54, 1.807) is 0 Å². The minimum Gasteiger partial charge on any atom is -0.371 e. The van der Waals surface area contributed by atoms with E-state index in [1.165, 1.54) is 31.4 Å². The van der Waals surface area contributed by atoms with Crippen LogP contribution in [0.4, 0.5) is 5.69 Å². The second-order valence-electron chi connectivity index (χ2n) is 5.17. The summed E-state index contributed by atoms with van der Waals surface area (Å²) in [6.45, 7) is 5.11. The van der Waals surface area contributed by atoms with Crippen molar-refractivity contribution in [3.8, 4) is 0 Å². The minimum absolute atomic E-state index is 0.511. The summed E-state index contributed by atoms with van der Waals surface area (Å²) in [5, 5.41) is 0.797. The lowest BCUT2D eigenvalue weighted by atomic mass is 9.98. The van der Waals surface area contributed by atoms with Gasteiger partial charge in [-0.15, -0.1) is 0 Å². The van der Waals surface area contributed by atoms with Crippen molar-refractivity contribution in [3.63, 3.8) is 0 Å². The van der Waals surface area contributed by atoms with E-state index in [1.807, 2.05) is 0 Å². The predicted octanol–water partition coefficient (Wildman–Crippen LogP) is 3.82. The lowest BCUT2D eigenvalue weighted by Gasteiger charge is -2.23. The number of halogens is 1. The van der Waals surface area contributed by atoms with Gasteiger partial charge in [-0.05, 0) is 42.9 Å². The van der Waals surface area contributed by atoms with E-state index < -0.39 is 0 Å². The van der Waals surface area contributed by atoms with E-state index in [0.717, 1.165) is 29.6 Å². The summed E-state index contributed by atoms with van der Waals surface area (Å²) < 4.78 is 0. The summed E-state index contributed by atoms with van der Waals surface area (Å²) in [5.41, 5.74) is 7.92. The molecule has 0 radical (unpaired) electrons. The van der Waals surface area contributed by atoms with Crippen molar-refractivity contribution in [1.82, 2.24) is 0 Å². The van der Waals surface area contributed by atoms with Crippen molar-refractivity contribution in [2.24, 2.45) is 11.7 Å². The second kappa shape index (κ2) is 6.44. The zero-order chi connectivity index (χ0) is 13.0. The first-order valence-electron chi connectivity index (χ1n) is 6.98. The molecule has 1 aromatic rings. The van der Waals surface area contributed by atoms with Gasteiger partial charge in [0.2, 0.25) is 0 Å². The van der Waals surface area contributed by atoms with Gasteiger partial charge in [0.15, 0.2) is 0 Å². The first-order valence-corrected chi connectivity index (χ1v) is 7.35. The van der Waals surface area contributed by atoms with Gasteiger partial charge < -0.3 is 10.6 Å². The van der Waals surface area contributed by atoms with Crippen LogP contribution in [-0.2, 0) is 6.54 Å². The molecule has 1 aliphatic heterocycles. The quantitative estimate of drug-likeness (QED) is 0.901. The second-order valence-corrected chi connectivity index (χ2v) is 5.58. The van der Waals surface area contributed by atoms with Gasteiger partial charge in [-0.3, -0.25) is 0 Å². The first-order chi connectivity index (χ1) is 8.74. The van der Waals surface area contributed by atoms with E-state index in [4.69, 9.17) is 17.3 Å². The molecule has 2 rings (SSSR count). The van der Waals surface area contributed by atoms with Crippen LogP contribution in [-0.4, -0.2) is 13.1 Å². The molecule has 1 aliphatic rings. The molecule has 1 saturated heterocycles. The molecule has 3 heteroatoms. The predicted molar refractivity (Wildman–Crippen MR) is 79.2 cm³/mol. The molecule has 100 valence electrons. The highest BCUT2D eigenvalue weighted by molar-refractivity contribution is 6.31. The van der Waals surface area contributed by atoms with Gasteiger partial charge in [-0.25, -0.2) is 0 Å². The highest BCUT2D eigenvalue weighted by Gasteiger charge is 2.16. The summed E-state index contributed by atoms with van der Waals surface area (Å²) in [6.07, 6.45) is 5.25. The van der Waals surface area contributed by atoms with E-state index in [-0.39, 0.29) is 0 Å². The van der Waals surface area contributed by atoms with Crippen molar-refractivity contribution < 1.29 is 0 Å². The maximum Gasteiger partial charge on any atom is 0.0471 e. The smallest absolute Gasteiger partial charge is 0.0471 e. The molecule has 2 nitrogen and oxygen atoms in total. The zero-order valence-electron chi connectivity index (χ0n) is 11.2. The first kappa shape index (κ1) is 13.7. The standard InChI is InChI=1S/C15H23ClN2/c1-2-12-4-3-8-18(9-7-12)14-6-5-13(11-17)15(16)10-14/h5-6,10,12H,2-4,7-9,11,17H2,1H3. The molecule has 1 aromatic carbocycles. The number of benzene rings is 1. The summed E-state index contributed by atoms with van der Waals surface area (Å²) in [6, 6.07) is 6.27. The van der Waals surface area contributed by atoms with Crippen LogP contribution in [0.3, 0.4) is 0 Å². The molecule has 0 bridgehead atoms. The SMILES string of the molecule is CCC1CCCN(c2ccc(CN)c(Cl)c2)CC1. The van der Waals surface area contributed by atoms with Gasteiger partial charge in [-0.2, -0.15) is 0 Å². The Hall–Kier alpha value is -0.730. The van der Waals surface area contributed by atoms with E-state index in [0.29, 0.717) is 6.54 Å². The van der Waals surface area contributed by atoms with Crippen LogP contribution >= 0.6 is 11.6 Å². The molecule has 0 amide bonds. The molecule has 1 heterocycles. The molecular weight excluding hydrogens is 244 g/mol. The van der Waals surface area contributed by atoms with Gasteiger partial charge in [0.1, 0.15) is 0 Å². The number of hydrogen-bond acceptors (Lipinski definition) is 2. The lowest BCUT2D eigenvalue weighted by Crippen LogP contribution is -2.24. The maximum atomic E-state index is 6.24. The summed E-state index contributed by atoms with van der Waals surface area (Å²) >= 11 is 6.24. The van der Waals surface area contributed by atoms with Crippen LogP contribution in [0.25, 0.3) is 0 Å². The van der Waals surface area contributed by atoms with Gasteiger partial charge in [-0.1, -0.05) is 31.0 Å². The number of rotatable bonds is 3. The molecule has 1 atom stereocenters. The molecule has 1 fully saturated rings. The topological polar surface area (TPSA) is 29.3 Å². The monoisotopic (exact) mass is 266 g/mol. The average molecular weight is 267 g/mol. The Labute approximate surface area is 115 Å². The summed E-state index contributed by atoms with van der Waals surface area (Å²) in [4.78, 5) is 2.46. The number of hydrogen-bond donors (Lipinski definition) is 1. The fourth-order valence-corrected chi connectivity index (χ4v) is 2.98. The average Bonchev–Trinajstić information content (AvgIpc) is 2.63. The lowest BCUT2D eigenvalue weighted by molar-refractivity contribution is 0.459. The maximum absolute atomic E-state index is 6.24. The van der Waals surface area contributed by atoms with Crippen LogP contribution in [0.15, 0.2) is 18.2 Å². The van der Waals surface area contributed by atoms with Crippen LogP contribution in [0.2, 0.25) is 5.02 Å². The number of nitrogens with zero attached hydrogens (tertiary/aromatic N) is 1. The highest BCUT2D eigenvalue weighted by atomic mass is 35.5. The van der Waals surface area contributed by atoms with E-state index in [9.17, 15) is 0 Å². The minimum atomic E-state index is 0.511. The van der Waals surface area contributed by atoms with Crippen LogP contribution in [0.1, 0.15) is 38.2 Å². The molecule has 1 unspecified atom stereocenters. The summed E-state index contributed by atoms with van der Waals surface area (Å²) in [5.74, 6) is 0.897. The van der Waals surface area contributed by atoms with Crippen molar-refractivity contribution in [3.05, 3.63) is 28.8 Å². The van der Waals surface area contributed by atoms with Crippen molar-refractivity contribution in [2.75, 3.05) is 18.0 Å². The third kappa shape index (κ3) is 3.18. The van der Waals surface area contributed by atoms with Crippen molar-refractivity contribution in [1.29, 1.82) is 0 Å². The highest BCUT2D eigenvalue weighted by Crippen LogP contribution is 2.27. The van der Waals surface area contributed by atoms with Crippen LogP contribution in [0.5, 0.6) is 0 Å². The number of nitrogens with two attached hydrogens (primary N) is 1. The van der Waals surface area contributed by atoms with Gasteiger partial charge in [0.05, 0.1) is 0 Å². The van der Waals surface area contributed by atoms with Crippen molar-refractivity contribution in [2.45, 2.75) is 39.2 Å². The van der Waals surface area contributed by atoms with E-state index >= 15 is 0 Å². The van der Waals surface area contributed by atoms with Crippen molar-refractivity contribution >= 4 is 17.3 Å². The van der Waals surface area contributed by atoms with Crippen LogP contribution < -0.4 is 10.6 Å². The normalized spacial score (nSPS) is 20.8. The Morgan fingerprint density at radius 2 is 2.17 bits per heavy atom. The largest absolute Gasteiger partial charge is 0.371 e. The Morgan fingerprint density at radius 3 is 2.83 bits per heavy atom. The Morgan fingerprint density at radius 1 is 1.33 bits per heavy atom. The molecule has 0 spiro atoms. The molecule has 0 aliphatic carbocycles. The zero-order valence-corrected chi connectivity index (χ0v) is 11.9. The Kier molecular flexibility index (Phi) is 4.90. The summed E-state index contributed by atoms with van der Waals surface area (Å²) in [7, 11) is 0. The third-order valence-corrected chi connectivity index (χ3v) is 4.40. The van der Waals surface area contributed by atoms with Gasteiger partial charge >= 0.3 is 0 Å². The van der Waals surface area contributed by atoms with Crippen LogP contribution in [0, 0.1) is 5.92 Å². The van der Waals surface area contributed by atoms with E-state index in [2.05, 4.69) is 30.0 Å². The number of anilines is 1. The molecule has 2 N–H and O–H groups in total. The Bertz CT molecular complexity index is 392. The molecule has 0 saturated carbocycles.